The van der Waals surface area contributed by atoms with E-state index in [1.807, 2.05) is 30.3 Å². The summed E-state index contributed by atoms with van der Waals surface area (Å²) in [5, 5.41) is 2.92. The summed E-state index contributed by atoms with van der Waals surface area (Å²) in [4.78, 5) is 11.8. The first-order valence-electron chi connectivity index (χ1n) is 7.87. The van der Waals surface area contributed by atoms with Gasteiger partial charge in [-0.1, -0.05) is 85.3 Å². The molecule has 2 rings (SSSR count). The third-order valence-electron chi connectivity index (χ3n) is 3.86. The molecule has 1 aliphatic heterocycles. The maximum atomic E-state index is 12.1. The van der Waals surface area contributed by atoms with Gasteiger partial charge in [0.2, 0.25) is 5.91 Å². The van der Waals surface area contributed by atoms with Crippen molar-refractivity contribution in [2.24, 2.45) is 0 Å². The van der Waals surface area contributed by atoms with E-state index < -0.39 is 0 Å². The van der Waals surface area contributed by atoms with Gasteiger partial charge in [-0.05, 0) is 6.42 Å². The molecular formula is C17H24BrNO2. The zero-order chi connectivity index (χ0) is 15.1. The van der Waals surface area contributed by atoms with Crippen molar-refractivity contribution >= 4 is 21.8 Å². The van der Waals surface area contributed by atoms with Gasteiger partial charge in [-0.3, -0.25) is 4.79 Å². The normalized spacial score (nSPS) is 25.6. The number of amides is 1. The number of unbranched alkanes of at least 4 members (excludes halogenated alkanes) is 4. The van der Waals surface area contributed by atoms with Crippen LogP contribution in [-0.2, 0) is 9.53 Å². The van der Waals surface area contributed by atoms with Gasteiger partial charge in [0, 0.05) is 5.56 Å². The van der Waals surface area contributed by atoms with Crippen LogP contribution in [0.3, 0.4) is 0 Å². The number of ether oxygens (including phenoxy) is 1. The summed E-state index contributed by atoms with van der Waals surface area (Å²) in [6.07, 6.45) is 6.68. The van der Waals surface area contributed by atoms with Gasteiger partial charge < -0.3 is 10.1 Å². The minimum absolute atomic E-state index is 0.0219. The third kappa shape index (κ3) is 4.82. The highest BCUT2D eigenvalue weighted by Crippen LogP contribution is 2.28. The molecule has 0 aliphatic carbocycles. The molecule has 4 heteroatoms. The van der Waals surface area contributed by atoms with E-state index in [0.29, 0.717) is 0 Å². The van der Waals surface area contributed by atoms with Crippen LogP contribution < -0.4 is 5.32 Å². The van der Waals surface area contributed by atoms with Crippen molar-refractivity contribution in [3.8, 4) is 0 Å². The Kier molecular flexibility index (Phi) is 6.71. The minimum atomic E-state index is -0.326. The summed E-state index contributed by atoms with van der Waals surface area (Å²) < 4.78 is 6.08. The first-order chi connectivity index (χ1) is 10.2. The molecule has 1 amide bonds. The number of rotatable bonds is 7. The van der Waals surface area contributed by atoms with E-state index in [2.05, 4.69) is 28.2 Å². The maximum Gasteiger partial charge on any atom is 0.238 e. The first-order valence-corrected chi connectivity index (χ1v) is 8.78. The number of hydrogen-bond acceptors (Lipinski definition) is 2. The summed E-state index contributed by atoms with van der Waals surface area (Å²) in [6.45, 7) is 2.22. The van der Waals surface area contributed by atoms with Crippen molar-refractivity contribution in [3.63, 3.8) is 0 Å². The summed E-state index contributed by atoms with van der Waals surface area (Å²) in [5.74, 6) is 0.0219. The molecule has 0 unspecified atom stereocenters. The average Bonchev–Trinajstić information content (AvgIpc) is 2.51. The van der Waals surface area contributed by atoms with E-state index in [4.69, 9.17) is 4.74 Å². The van der Waals surface area contributed by atoms with E-state index in [-0.39, 0.29) is 23.1 Å². The van der Waals surface area contributed by atoms with Crippen molar-refractivity contribution in [2.45, 2.75) is 62.6 Å². The number of carbonyl (C=O) groups is 1. The second kappa shape index (κ2) is 8.54. The topological polar surface area (TPSA) is 38.3 Å². The molecule has 0 radical (unpaired) electrons. The Labute approximate surface area is 135 Å². The second-order valence-electron chi connectivity index (χ2n) is 5.58. The van der Waals surface area contributed by atoms with Crippen LogP contribution in [-0.4, -0.2) is 16.8 Å². The minimum Gasteiger partial charge on any atom is -0.349 e. The molecule has 0 saturated carbocycles. The first kappa shape index (κ1) is 16.5. The Morgan fingerprint density at radius 3 is 2.57 bits per heavy atom. The number of hydrogen-bond donors (Lipinski definition) is 1. The Morgan fingerprint density at radius 1 is 1.14 bits per heavy atom. The smallest absolute Gasteiger partial charge is 0.238 e. The van der Waals surface area contributed by atoms with Crippen LogP contribution in [0.25, 0.3) is 0 Å². The molecular weight excluding hydrogens is 330 g/mol. The van der Waals surface area contributed by atoms with Gasteiger partial charge in [0.15, 0.2) is 6.23 Å². The molecule has 116 valence electrons. The monoisotopic (exact) mass is 353 g/mol. The van der Waals surface area contributed by atoms with Gasteiger partial charge in [0.1, 0.15) is 4.83 Å². The molecule has 1 N–H and O–H groups in total. The standard InChI is InChI=1S/C17H24BrNO2/c1-2-3-4-5-9-12-14-15(18)16(20)19-17(21-14)13-10-7-6-8-11-13/h6-8,10-11,14-15,17H,2-5,9,12H2,1H3,(H,19,20)/t14-,15+,17+/m1/s1. The molecule has 1 heterocycles. The van der Waals surface area contributed by atoms with Crippen LogP contribution in [0, 0.1) is 0 Å². The lowest BCUT2D eigenvalue weighted by molar-refractivity contribution is -0.141. The molecule has 1 aliphatic rings. The van der Waals surface area contributed by atoms with E-state index in [0.717, 1.165) is 18.4 Å². The molecule has 0 bridgehead atoms. The SMILES string of the molecule is CCCCCCC[C@H]1O[C@@H](c2ccccc2)NC(=O)[C@H]1Br. The fraction of sp³-hybridized carbons (Fsp3) is 0.588. The van der Waals surface area contributed by atoms with Crippen molar-refractivity contribution < 1.29 is 9.53 Å². The van der Waals surface area contributed by atoms with Crippen LogP contribution in [0.5, 0.6) is 0 Å². The molecule has 1 saturated heterocycles. The van der Waals surface area contributed by atoms with Gasteiger partial charge >= 0.3 is 0 Å². The average molecular weight is 354 g/mol. The largest absolute Gasteiger partial charge is 0.349 e. The fourth-order valence-electron chi connectivity index (χ4n) is 2.61. The molecule has 0 spiro atoms. The Balaban J connectivity index is 1.89. The lowest BCUT2D eigenvalue weighted by Crippen LogP contribution is -2.49. The Bertz CT molecular complexity index is 438. The van der Waals surface area contributed by atoms with Crippen LogP contribution >= 0.6 is 15.9 Å². The molecule has 0 aromatic heterocycles. The predicted octanol–water partition coefficient (Wildman–Crippen LogP) is 4.32. The molecule has 3 nitrogen and oxygen atoms in total. The van der Waals surface area contributed by atoms with E-state index in [9.17, 15) is 4.79 Å². The molecule has 1 aromatic rings. The quantitative estimate of drug-likeness (QED) is 0.585. The highest BCUT2D eigenvalue weighted by molar-refractivity contribution is 9.10. The number of alkyl halides is 1. The zero-order valence-electron chi connectivity index (χ0n) is 12.6. The summed E-state index contributed by atoms with van der Waals surface area (Å²) in [7, 11) is 0. The number of nitrogens with one attached hydrogen (secondary N) is 1. The van der Waals surface area contributed by atoms with Gasteiger partial charge in [-0.15, -0.1) is 0 Å². The molecule has 1 aromatic carbocycles. The van der Waals surface area contributed by atoms with E-state index in [1.165, 1.54) is 25.7 Å². The summed E-state index contributed by atoms with van der Waals surface area (Å²) >= 11 is 3.47. The van der Waals surface area contributed by atoms with E-state index >= 15 is 0 Å². The Hall–Kier alpha value is -0.870. The van der Waals surface area contributed by atoms with Crippen molar-refractivity contribution in [1.29, 1.82) is 0 Å². The molecule has 3 atom stereocenters. The van der Waals surface area contributed by atoms with Crippen molar-refractivity contribution in [3.05, 3.63) is 35.9 Å². The zero-order valence-corrected chi connectivity index (χ0v) is 14.1. The lowest BCUT2D eigenvalue weighted by Gasteiger charge is -2.34. The van der Waals surface area contributed by atoms with Crippen LogP contribution in [0.2, 0.25) is 0 Å². The van der Waals surface area contributed by atoms with Crippen LogP contribution in [0.15, 0.2) is 30.3 Å². The molecule has 21 heavy (non-hydrogen) atoms. The predicted molar refractivity (Wildman–Crippen MR) is 88.3 cm³/mol. The van der Waals surface area contributed by atoms with Gasteiger partial charge in [-0.25, -0.2) is 0 Å². The highest BCUT2D eigenvalue weighted by Gasteiger charge is 2.35. The van der Waals surface area contributed by atoms with Crippen molar-refractivity contribution in [2.75, 3.05) is 0 Å². The van der Waals surface area contributed by atoms with Crippen LogP contribution in [0.4, 0.5) is 0 Å². The highest BCUT2D eigenvalue weighted by atomic mass is 79.9. The lowest BCUT2D eigenvalue weighted by atomic mass is 10.0. The van der Waals surface area contributed by atoms with E-state index in [1.54, 1.807) is 0 Å². The van der Waals surface area contributed by atoms with Gasteiger partial charge in [-0.2, -0.15) is 0 Å². The number of halogens is 1. The van der Waals surface area contributed by atoms with Gasteiger partial charge in [0.05, 0.1) is 6.10 Å². The molecule has 1 fully saturated rings. The third-order valence-corrected chi connectivity index (χ3v) is 4.86. The second-order valence-corrected chi connectivity index (χ2v) is 6.57. The number of carbonyl (C=O) groups excluding carboxylic acids is 1. The summed E-state index contributed by atoms with van der Waals surface area (Å²) in [5.41, 5.74) is 1.00. The maximum absolute atomic E-state index is 12.1. The number of benzene rings is 1. The van der Waals surface area contributed by atoms with Crippen LogP contribution in [0.1, 0.15) is 57.2 Å². The fourth-order valence-corrected chi connectivity index (χ4v) is 3.13. The van der Waals surface area contributed by atoms with Crippen molar-refractivity contribution in [1.82, 2.24) is 5.32 Å². The van der Waals surface area contributed by atoms with Gasteiger partial charge in [0.25, 0.3) is 0 Å². The Morgan fingerprint density at radius 2 is 1.86 bits per heavy atom. The summed E-state index contributed by atoms with van der Waals surface area (Å²) in [6, 6.07) is 9.86.